The molecule has 8 nitrogen and oxygen atoms in total. The summed E-state index contributed by atoms with van der Waals surface area (Å²) in [6.07, 6.45) is 1.95. The number of anilines is 1. The van der Waals surface area contributed by atoms with E-state index in [9.17, 15) is 4.79 Å². The van der Waals surface area contributed by atoms with E-state index in [1.807, 2.05) is 6.92 Å². The molecule has 0 saturated carbocycles. The van der Waals surface area contributed by atoms with Crippen LogP contribution in [0, 0.1) is 0 Å². The highest BCUT2D eigenvalue weighted by molar-refractivity contribution is 5.84. The van der Waals surface area contributed by atoms with Crippen LogP contribution >= 0.6 is 0 Å². The molecule has 0 spiro atoms. The molecule has 2 aromatic rings. The van der Waals surface area contributed by atoms with Gasteiger partial charge in [0.05, 0.1) is 12.2 Å². The van der Waals surface area contributed by atoms with Crippen molar-refractivity contribution >= 4 is 23.1 Å². The van der Waals surface area contributed by atoms with Crippen molar-refractivity contribution in [3.8, 4) is 5.88 Å². The van der Waals surface area contributed by atoms with Gasteiger partial charge in [0, 0.05) is 14.1 Å². The third-order valence-electron chi connectivity index (χ3n) is 2.99. The van der Waals surface area contributed by atoms with Gasteiger partial charge in [-0.3, -0.25) is 0 Å². The van der Waals surface area contributed by atoms with Crippen molar-refractivity contribution in [3.63, 3.8) is 0 Å². The summed E-state index contributed by atoms with van der Waals surface area (Å²) >= 11 is 0. The van der Waals surface area contributed by atoms with Gasteiger partial charge in [-0.2, -0.15) is 15.1 Å². The summed E-state index contributed by atoms with van der Waals surface area (Å²) in [6, 6.07) is 0.166. The van der Waals surface area contributed by atoms with Crippen LogP contribution < -0.4 is 10.5 Å². The summed E-state index contributed by atoms with van der Waals surface area (Å²) in [4.78, 5) is 21.1. The molecule has 2 heterocycles. The fourth-order valence-electron chi connectivity index (χ4n) is 1.66. The molecule has 2 aromatic heterocycles. The molecule has 0 aliphatic heterocycles. The molecule has 0 fully saturated rings. The van der Waals surface area contributed by atoms with Gasteiger partial charge < -0.3 is 15.4 Å². The maximum Gasteiger partial charge on any atom is 0.416 e. The molecule has 0 bridgehead atoms. The fraction of sp³-hybridized carbons (Fsp3) is 0.500. The van der Waals surface area contributed by atoms with Gasteiger partial charge in [-0.25, -0.2) is 9.48 Å². The zero-order valence-corrected chi connectivity index (χ0v) is 12.0. The SMILES string of the molecule is CCC(C)n1ncc2c(OC(=O)N(C)C)nc(N)nc21. The Morgan fingerprint density at radius 1 is 1.50 bits per heavy atom. The van der Waals surface area contributed by atoms with Crippen LogP contribution in [0.1, 0.15) is 26.3 Å². The number of nitrogens with zero attached hydrogens (tertiary/aromatic N) is 5. The van der Waals surface area contributed by atoms with Crippen LogP contribution in [-0.2, 0) is 0 Å². The Morgan fingerprint density at radius 3 is 2.80 bits per heavy atom. The van der Waals surface area contributed by atoms with Gasteiger partial charge in [-0.05, 0) is 13.3 Å². The molecule has 0 saturated heterocycles. The summed E-state index contributed by atoms with van der Waals surface area (Å²) in [6.45, 7) is 4.08. The monoisotopic (exact) mass is 278 g/mol. The summed E-state index contributed by atoms with van der Waals surface area (Å²) in [7, 11) is 3.18. The lowest BCUT2D eigenvalue weighted by molar-refractivity contribution is 0.170. The van der Waals surface area contributed by atoms with E-state index in [0.29, 0.717) is 11.0 Å². The van der Waals surface area contributed by atoms with Crippen LogP contribution in [0.25, 0.3) is 11.0 Å². The topological polar surface area (TPSA) is 99.2 Å². The number of hydrogen-bond acceptors (Lipinski definition) is 6. The number of fused-ring (bicyclic) bond motifs is 1. The predicted molar refractivity (Wildman–Crippen MR) is 74.4 cm³/mol. The fourth-order valence-corrected chi connectivity index (χ4v) is 1.66. The zero-order valence-electron chi connectivity index (χ0n) is 12.0. The Hall–Kier alpha value is -2.38. The lowest BCUT2D eigenvalue weighted by atomic mass is 10.3. The van der Waals surface area contributed by atoms with Crippen LogP contribution in [-0.4, -0.2) is 44.8 Å². The minimum Gasteiger partial charge on any atom is -0.390 e. The number of carbonyl (C=O) groups excluding carboxylic acids is 1. The van der Waals surface area contributed by atoms with Crippen LogP contribution in [0.3, 0.4) is 0 Å². The molecule has 0 radical (unpaired) electrons. The molecule has 0 aliphatic carbocycles. The highest BCUT2D eigenvalue weighted by Gasteiger charge is 2.18. The van der Waals surface area contributed by atoms with Crippen molar-refractivity contribution in [3.05, 3.63) is 6.20 Å². The Bertz CT molecular complexity index is 636. The van der Waals surface area contributed by atoms with E-state index in [0.717, 1.165) is 6.42 Å². The number of nitrogens with two attached hydrogens (primary N) is 1. The summed E-state index contributed by atoms with van der Waals surface area (Å²) in [5.74, 6) is 0.171. The van der Waals surface area contributed by atoms with E-state index in [2.05, 4.69) is 22.0 Å². The number of aromatic nitrogens is 4. The molecule has 2 rings (SSSR count). The van der Waals surface area contributed by atoms with Gasteiger partial charge in [-0.15, -0.1) is 0 Å². The Kier molecular flexibility index (Phi) is 3.73. The molecule has 1 amide bonds. The first-order valence-corrected chi connectivity index (χ1v) is 6.33. The van der Waals surface area contributed by atoms with E-state index in [-0.39, 0.29) is 17.9 Å². The molecule has 0 aromatic carbocycles. The minimum atomic E-state index is -0.527. The van der Waals surface area contributed by atoms with Crippen LogP contribution in [0.4, 0.5) is 10.7 Å². The van der Waals surface area contributed by atoms with Gasteiger partial charge in [0.25, 0.3) is 0 Å². The average molecular weight is 278 g/mol. The first kappa shape index (κ1) is 14.0. The summed E-state index contributed by atoms with van der Waals surface area (Å²) in [5, 5.41) is 4.84. The Labute approximate surface area is 116 Å². The van der Waals surface area contributed by atoms with Gasteiger partial charge in [0.1, 0.15) is 5.39 Å². The lowest BCUT2D eigenvalue weighted by Gasteiger charge is -2.12. The summed E-state index contributed by atoms with van der Waals surface area (Å²) < 4.78 is 6.95. The van der Waals surface area contributed by atoms with Gasteiger partial charge >= 0.3 is 6.09 Å². The second-order valence-electron chi connectivity index (χ2n) is 4.73. The number of ether oxygens (including phenoxy) is 1. The second kappa shape index (κ2) is 5.32. The Balaban J connectivity index is 2.51. The highest BCUT2D eigenvalue weighted by Crippen LogP contribution is 2.26. The van der Waals surface area contributed by atoms with E-state index in [4.69, 9.17) is 10.5 Å². The van der Waals surface area contributed by atoms with E-state index >= 15 is 0 Å². The second-order valence-corrected chi connectivity index (χ2v) is 4.73. The molecule has 2 N–H and O–H groups in total. The van der Waals surface area contributed by atoms with Gasteiger partial charge in [0.2, 0.25) is 11.8 Å². The van der Waals surface area contributed by atoms with E-state index < -0.39 is 6.09 Å². The molecule has 1 atom stereocenters. The minimum absolute atomic E-state index is 0.0455. The lowest BCUT2D eigenvalue weighted by Crippen LogP contribution is -2.25. The molecule has 20 heavy (non-hydrogen) atoms. The van der Waals surface area contributed by atoms with Crippen LogP contribution in [0.2, 0.25) is 0 Å². The van der Waals surface area contributed by atoms with Crippen molar-refractivity contribution in [2.24, 2.45) is 0 Å². The average Bonchev–Trinajstić information content (AvgIpc) is 2.81. The first-order chi connectivity index (χ1) is 9.43. The number of hydrogen-bond donors (Lipinski definition) is 1. The first-order valence-electron chi connectivity index (χ1n) is 6.33. The molecular formula is C12H18N6O2. The summed E-state index contributed by atoms with van der Waals surface area (Å²) in [5.41, 5.74) is 6.24. The van der Waals surface area contributed by atoms with Crippen molar-refractivity contribution < 1.29 is 9.53 Å². The number of rotatable bonds is 3. The van der Waals surface area contributed by atoms with Crippen LogP contribution in [0.15, 0.2) is 6.20 Å². The highest BCUT2D eigenvalue weighted by atomic mass is 16.6. The number of amides is 1. The third-order valence-corrected chi connectivity index (χ3v) is 2.99. The molecule has 108 valence electrons. The van der Waals surface area contributed by atoms with Crippen molar-refractivity contribution in [1.82, 2.24) is 24.6 Å². The number of nitrogen functional groups attached to an aromatic ring is 1. The predicted octanol–water partition coefficient (Wildman–Crippen LogP) is 1.44. The van der Waals surface area contributed by atoms with Crippen molar-refractivity contribution in [2.75, 3.05) is 19.8 Å². The maximum atomic E-state index is 11.6. The van der Waals surface area contributed by atoms with Crippen molar-refractivity contribution in [1.29, 1.82) is 0 Å². The van der Waals surface area contributed by atoms with Gasteiger partial charge in [-0.1, -0.05) is 6.92 Å². The molecule has 8 heteroatoms. The van der Waals surface area contributed by atoms with E-state index in [1.165, 1.54) is 4.90 Å². The standard InChI is InChI=1S/C12H18N6O2/c1-5-7(2)18-9-8(6-14-18)10(16-11(13)15-9)20-12(19)17(3)4/h6-7H,5H2,1-4H3,(H2,13,15,16). The van der Waals surface area contributed by atoms with Gasteiger partial charge in [0.15, 0.2) is 5.65 Å². The number of carbonyl (C=O) groups is 1. The normalized spacial score (nSPS) is 12.4. The van der Waals surface area contributed by atoms with Crippen molar-refractivity contribution in [2.45, 2.75) is 26.3 Å². The Morgan fingerprint density at radius 2 is 2.20 bits per heavy atom. The third kappa shape index (κ3) is 2.49. The molecular weight excluding hydrogens is 260 g/mol. The zero-order chi connectivity index (χ0) is 14.9. The largest absolute Gasteiger partial charge is 0.416 e. The quantitative estimate of drug-likeness (QED) is 0.912. The maximum absolute atomic E-state index is 11.6. The molecule has 0 aliphatic rings. The molecule has 1 unspecified atom stereocenters. The van der Waals surface area contributed by atoms with E-state index in [1.54, 1.807) is 25.0 Å². The van der Waals surface area contributed by atoms with Crippen LogP contribution in [0.5, 0.6) is 5.88 Å². The smallest absolute Gasteiger partial charge is 0.390 e.